The Hall–Kier alpha value is -2.94. The average Bonchev–Trinajstić information content (AvgIpc) is 3.23. The normalized spacial score (nSPS) is 15.8. The van der Waals surface area contributed by atoms with Gasteiger partial charge in [0.1, 0.15) is 12.1 Å². The molecule has 0 unspecified atom stereocenters. The molecule has 2 aromatic heterocycles. The Balaban J connectivity index is 1.35. The summed E-state index contributed by atoms with van der Waals surface area (Å²) < 4.78 is 39.7. The topological polar surface area (TPSA) is 50.1 Å². The molecule has 28 heavy (non-hydrogen) atoms. The van der Waals surface area contributed by atoms with Crippen molar-refractivity contribution in [1.82, 2.24) is 24.6 Å². The van der Waals surface area contributed by atoms with Crippen molar-refractivity contribution in [2.24, 2.45) is 0 Å². The van der Waals surface area contributed by atoms with Crippen molar-refractivity contribution >= 4 is 5.82 Å². The van der Waals surface area contributed by atoms with Crippen LogP contribution in [0.1, 0.15) is 11.1 Å². The number of alkyl halides is 3. The van der Waals surface area contributed by atoms with Gasteiger partial charge in [0.25, 0.3) is 0 Å². The van der Waals surface area contributed by atoms with E-state index in [0.29, 0.717) is 12.4 Å². The molecule has 1 aliphatic rings. The van der Waals surface area contributed by atoms with E-state index in [2.05, 4.69) is 24.9 Å². The predicted molar refractivity (Wildman–Crippen MR) is 98.1 cm³/mol. The second kappa shape index (κ2) is 7.59. The minimum atomic E-state index is -4.29. The summed E-state index contributed by atoms with van der Waals surface area (Å²) in [7, 11) is 0. The molecule has 0 spiro atoms. The quantitative estimate of drug-likeness (QED) is 0.688. The molecular weight excluding hydrogens is 369 g/mol. The molecule has 0 saturated carbocycles. The first-order valence-electron chi connectivity index (χ1n) is 8.94. The van der Waals surface area contributed by atoms with Gasteiger partial charge < -0.3 is 4.90 Å². The molecule has 0 atom stereocenters. The van der Waals surface area contributed by atoms with Crippen LogP contribution in [0.5, 0.6) is 0 Å². The Morgan fingerprint density at radius 2 is 1.64 bits per heavy atom. The highest BCUT2D eigenvalue weighted by Crippen LogP contribution is 2.29. The zero-order valence-electron chi connectivity index (χ0n) is 15.0. The standard InChI is InChI=1S/C19H19F3N6/c20-19(21,22)16-4-2-15(3-5-16)13-26-8-10-27(11-9-26)17-12-18(24-14-23-17)28-7-1-6-25-28/h1-7,12,14H,8-11,13H2. The minimum Gasteiger partial charge on any atom is -0.354 e. The molecule has 4 rings (SSSR count). The van der Waals surface area contributed by atoms with Crippen molar-refractivity contribution in [3.05, 3.63) is 66.2 Å². The first-order chi connectivity index (χ1) is 13.5. The van der Waals surface area contributed by atoms with Crippen molar-refractivity contribution in [2.45, 2.75) is 12.7 Å². The lowest BCUT2D eigenvalue weighted by atomic mass is 10.1. The van der Waals surface area contributed by atoms with E-state index in [0.717, 1.165) is 49.7 Å². The van der Waals surface area contributed by atoms with E-state index >= 15 is 0 Å². The highest BCUT2D eigenvalue weighted by Gasteiger charge is 2.30. The van der Waals surface area contributed by atoms with Crippen LogP contribution in [0.25, 0.3) is 5.82 Å². The van der Waals surface area contributed by atoms with E-state index in [-0.39, 0.29) is 0 Å². The third-order valence-corrected chi connectivity index (χ3v) is 4.76. The third-order valence-electron chi connectivity index (χ3n) is 4.76. The summed E-state index contributed by atoms with van der Waals surface area (Å²) in [5.41, 5.74) is 0.266. The second-order valence-corrected chi connectivity index (χ2v) is 6.64. The van der Waals surface area contributed by atoms with Crippen LogP contribution in [0.2, 0.25) is 0 Å². The Labute approximate surface area is 160 Å². The molecule has 0 radical (unpaired) electrons. The van der Waals surface area contributed by atoms with Crippen LogP contribution in [0.15, 0.2) is 55.1 Å². The summed E-state index contributed by atoms with van der Waals surface area (Å²) >= 11 is 0. The van der Waals surface area contributed by atoms with Gasteiger partial charge in [-0.2, -0.15) is 18.3 Å². The largest absolute Gasteiger partial charge is 0.416 e. The molecule has 146 valence electrons. The van der Waals surface area contributed by atoms with Crippen LogP contribution in [-0.4, -0.2) is 50.8 Å². The number of piperazine rings is 1. The number of aromatic nitrogens is 4. The molecule has 6 nitrogen and oxygen atoms in total. The maximum absolute atomic E-state index is 12.7. The van der Waals surface area contributed by atoms with Crippen LogP contribution >= 0.6 is 0 Å². The van der Waals surface area contributed by atoms with Gasteiger partial charge in [-0.3, -0.25) is 4.90 Å². The summed E-state index contributed by atoms with van der Waals surface area (Å²) in [6.07, 6.45) is 0.757. The Morgan fingerprint density at radius 3 is 2.29 bits per heavy atom. The molecule has 0 bridgehead atoms. The molecule has 1 saturated heterocycles. The number of nitrogens with zero attached hydrogens (tertiary/aromatic N) is 6. The average molecular weight is 388 g/mol. The smallest absolute Gasteiger partial charge is 0.354 e. The monoisotopic (exact) mass is 388 g/mol. The lowest BCUT2D eigenvalue weighted by molar-refractivity contribution is -0.137. The maximum atomic E-state index is 12.7. The highest BCUT2D eigenvalue weighted by molar-refractivity contribution is 5.43. The molecular formula is C19H19F3N6. The van der Waals surface area contributed by atoms with Crippen molar-refractivity contribution < 1.29 is 13.2 Å². The van der Waals surface area contributed by atoms with E-state index < -0.39 is 11.7 Å². The molecule has 1 aromatic carbocycles. The van der Waals surface area contributed by atoms with Crippen LogP contribution in [0.4, 0.5) is 19.0 Å². The number of anilines is 1. The van der Waals surface area contributed by atoms with Crippen molar-refractivity contribution in [1.29, 1.82) is 0 Å². The Morgan fingerprint density at radius 1 is 0.929 bits per heavy atom. The van der Waals surface area contributed by atoms with Crippen LogP contribution < -0.4 is 4.90 Å². The second-order valence-electron chi connectivity index (χ2n) is 6.64. The van der Waals surface area contributed by atoms with Gasteiger partial charge in [-0.15, -0.1) is 0 Å². The fourth-order valence-corrected chi connectivity index (χ4v) is 3.23. The van der Waals surface area contributed by atoms with Crippen molar-refractivity contribution in [3.63, 3.8) is 0 Å². The summed E-state index contributed by atoms with van der Waals surface area (Å²) in [6, 6.07) is 9.12. The van der Waals surface area contributed by atoms with Crippen LogP contribution in [-0.2, 0) is 12.7 Å². The van der Waals surface area contributed by atoms with E-state index in [1.807, 2.05) is 18.3 Å². The highest BCUT2D eigenvalue weighted by atomic mass is 19.4. The van der Waals surface area contributed by atoms with Gasteiger partial charge in [0.15, 0.2) is 5.82 Å². The summed E-state index contributed by atoms with van der Waals surface area (Å²) in [4.78, 5) is 13.0. The molecule has 3 aromatic rings. The van der Waals surface area contributed by atoms with Gasteiger partial charge in [0.2, 0.25) is 0 Å². The summed E-state index contributed by atoms with van der Waals surface area (Å²) in [5, 5.41) is 4.18. The van der Waals surface area contributed by atoms with E-state index in [4.69, 9.17) is 0 Å². The number of halogens is 3. The predicted octanol–water partition coefficient (Wildman–Crippen LogP) is 3.00. The fourth-order valence-electron chi connectivity index (χ4n) is 3.23. The van der Waals surface area contributed by atoms with E-state index in [1.165, 1.54) is 6.33 Å². The molecule has 0 N–H and O–H groups in total. The molecule has 3 heterocycles. The Bertz CT molecular complexity index is 900. The third kappa shape index (κ3) is 4.14. The summed E-state index contributed by atoms with van der Waals surface area (Å²) in [5.74, 6) is 1.55. The van der Waals surface area contributed by atoms with Crippen molar-refractivity contribution in [2.75, 3.05) is 31.1 Å². The Kier molecular flexibility index (Phi) is 4.99. The molecule has 1 fully saturated rings. The first-order valence-corrected chi connectivity index (χ1v) is 8.94. The van der Waals surface area contributed by atoms with Crippen LogP contribution in [0.3, 0.4) is 0 Å². The van der Waals surface area contributed by atoms with Gasteiger partial charge in [-0.05, 0) is 23.8 Å². The minimum absolute atomic E-state index is 0.613. The van der Waals surface area contributed by atoms with Gasteiger partial charge in [-0.25, -0.2) is 14.6 Å². The zero-order chi connectivity index (χ0) is 19.6. The maximum Gasteiger partial charge on any atom is 0.416 e. The van der Waals surface area contributed by atoms with E-state index in [1.54, 1.807) is 23.0 Å². The first kappa shape index (κ1) is 18.4. The fraction of sp³-hybridized carbons (Fsp3) is 0.316. The summed E-state index contributed by atoms with van der Waals surface area (Å²) in [6.45, 7) is 3.82. The lowest BCUT2D eigenvalue weighted by Gasteiger charge is -2.35. The van der Waals surface area contributed by atoms with Gasteiger partial charge >= 0.3 is 6.18 Å². The van der Waals surface area contributed by atoms with Gasteiger partial charge in [0, 0.05) is 51.2 Å². The van der Waals surface area contributed by atoms with Crippen molar-refractivity contribution in [3.8, 4) is 5.82 Å². The van der Waals surface area contributed by atoms with E-state index in [9.17, 15) is 13.2 Å². The van der Waals surface area contributed by atoms with Crippen LogP contribution in [0, 0.1) is 0 Å². The molecule has 0 amide bonds. The molecule has 9 heteroatoms. The SMILES string of the molecule is FC(F)(F)c1ccc(CN2CCN(c3cc(-n4cccn4)ncn3)CC2)cc1. The van der Waals surface area contributed by atoms with Gasteiger partial charge in [0.05, 0.1) is 5.56 Å². The molecule has 1 aliphatic heterocycles. The number of rotatable bonds is 4. The zero-order valence-corrected chi connectivity index (χ0v) is 15.0. The number of hydrogen-bond acceptors (Lipinski definition) is 5. The lowest BCUT2D eigenvalue weighted by Crippen LogP contribution is -2.46. The van der Waals surface area contributed by atoms with Gasteiger partial charge in [-0.1, -0.05) is 12.1 Å². The number of hydrogen-bond donors (Lipinski definition) is 0. The molecule has 0 aliphatic carbocycles. The number of benzene rings is 1.